The molecular formula is C87H111B3Br3F4IN16O10. The standard InChI is InChI=1S/C25H21F2N7O.C17H11BrF2N6.C14H22BNO3.C12H24B2O4.C8H10BrNO.C5H4BrNO.C3H7I.3CH4/c1-14(2)33-13-16(7-10-21(33)35)22-23(15-5-8-17(26)9-6-15)31-25(28)34-24(22)30-20(32-34)12-19-18(27)4-3-11-29-19;18-14-15(9-3-5-10(19)6-4-9)24-17(21)26-16(14)23-13(25-26)8-12-11(20)2-1-7-22-12;1-10(2)16-9-11(7-8-12(16)17)15-18-13(3,4)14(5,6)19-15;1-9(2)10(3,4)16-13(15-9)14-17-11(5,6)12(7,8)18-14;1-6(2)10-5-7(9)3-4-8(10)11;6-4-1-2-5(8)7-3-4;1-3(2)4;;;/h3-11,13-14H,12H2,1-2H3,(H2,28,31);1-7H,8H2,(H2,21,24);7-10H,1-6H3;1-8H3;3-6H,1-2H3;1-3H,(H,7,8);3H,1-2H3;3*1H4. The van der Waals surface area contributed by atoms with E-state index >= 15 is 0 Å². The van der Waals surface area contributed by atoms with Gasteiger partial charge in [-0.3, -0.25) is 29.1 Å². The second-order valence-electron chi connectivity index (χ2n) is 32.6. The van der Waals surface area contributed by atoms with Crippen LogP contribution in [0, 0.1) is 23.3 Å². The van der Waals surface area contributed by atoms with E-state index in [1.165, 1.54) is 82.1 Å². The molecule has 26 nitrogen and oxygen atoms in total. The van der Waals surface area contributed by atoms with Gasteiger partial charge in [-0.1, -0.05) is 64.8 Å². The Kier molecular flexibility index (Phi) is 36.1. The molecule has 0 atom stereocenters. The van der Waals surface area contributed by atoms with Crippen LogP contribution in [0.15, 0.2) is 191 Å². The monoisotopic (exact) mass is 2010 g/mol. The van der Waals surface area contributed by atoms with Gasteiger partial charge in [-0.25, -0.2) is 37.5 Å². The normalized spacial score (nSPS) is 15.3. The third-order valence-corrected chi connectivity index (χ3v) is 22.1. The zero-order chi connectivity index (χ0) is 89.3. The summed E-state index contributed by atoms with van der Waals surface area (Å²) in [7, 11) is -1.37. The van der Waals surface area contributed by atoms with E-state index in [1.807, 2.05) is 131 Å². The van der Waals surface area contributed by atoms with Crippen LogP contribution in [0.25, 0.3) is 44.9 Å². The van der Waals surface area contributed by atoms with Crippen molar-refractivity contribution in [1.82, 2.24) is 67.8 Å². The van der Waals surface area contributed by atoms with E-state index in [1.54, 1.807) is 93.0 Å². The number of nitrogens with two attached hydrogens (primary N) is 2. The van der Waals surface area contributed by atoms with Crippen LogP contribution in [0.4, 0.5) is 29.5 Å². The molecule has 0 spiro atoms. The van der Waals surface area contributed by atoms with E-state index in [-0.39, 0.29) is 144 Å². The minimum absolute atomic E-state index is 0. The molecule has 0 aliphatic carbocycles. The largest absolute Gasteiger partial charge is 0.496 e. The van der Waals surface area contributed by atoms with Crippen molar-refractivity contribution >= 4 is 120 Å². The lowest BCUT2D eigenvalue weighted by Crippen LogP contribution is -2.41. The van der Waals surface area contributed by atoms with E-state index in [4.69, 9.17) is 39.4 Å². The lowest BCUT2D eigenvalue weighted by atomic mass is 9.49. The Morgan fingerprint density at radius 2 is 0.815 bits per heavy atom. The quantitative estimate of drug-likeness (QED) is 0.0443. The van der Waals surface area contributed by atoms with Crippen LogP contribution >= 0.6 is 70.4 Å². The van der Waals surface area contributed by atoms with E-state index in [0.29, 0.717) is 61.1 Å². The summed E-state index contributed by atoms with van der Waals surface area (Å²) in [5.74, 6) is -0.805. The Morgan fingerprint density at radius 1 is 0.452 bits per heavy atom. The number of anilines is 2. The fourth-order valence-electron chi connectivity index (χ4n) is 11.8. The van der Waals surface area contributed by atoms with E-state index in [9.17, 15) is 36.7 Å². The highest BCUT2D eigenvalue weighted by Crippen LogP contribution is 2.44. The first-order valence-corrected chi connectivity index (χ1v) is 42.5. The molecule has 37 heteroatoms. The molecular weight excluding hydrogens is 1900 g/mol. The van der Waals surface area contributed by atoms with Crippen molar-refractivity contribution in [3.63, 3.8) is 0 Å². The first kappa shape index (κ1) is 104. The van der Waals surface area contributed by atoms with Crippen LogP contribution in [-0.4, -0.2) is 126 Å². The minimum atomic E-state index is -0.476. The second kappa shape index (κ2) is 43.1. The number of alkyl halides is 1. The number of nitrogens with one attached hydrogen (secondary N) is 1. The van der Waals surface area contributed by atoms with Gasteiger partial charge in [-0.15, -0.1) is 10.2 Å². The molecule has 13 heterocycles. The third kappa shape index (κ3) is 25.7. The first-order valence-electron chi connectivity index (χ1n) is 38.8. The van der Waals surface area contributed by atoms with Crippen molar-refractivity contribution in [1.29, 1.82) is 0 Å². The lowest BCUT2D eigenvalue weighted by molar-refractivity contribution is 0.00578. The zero-order valence-corrected chi connectivity index (χ0v) is 78.0. The average molecular weight is 2020 g/mol. The summed E-state index contributed by atoms with van der Waals surface area (Å²) in [4.78, 5) is 74.2. The zero-order valence-electron chi connectivity index (χ0n) is 71.0. The molecule has 124 heavy (non-hydrogen) atoms. The molecule has 664 valence electrons. The first-order chi connectivity index (χ1) is 56.5. The van der Waals surface area contributed by atoms with E-state index in [2.05, 4.69) is 129 Å². The lowest BCUT2D eigenvalue weighted by Gasteiger charge is -2.32. The smallest absolute Gasteiger partial charge is 0.405 e. The number of pyridine rings is 6. The van der Waals surface area contributed by atoms with Gasteiger partial charge in [0.25, 0.3) is 16.7 Å². The summed E-state index contributed by atoms with van der Waals surface area (Å²) in [5, 5.41) is 8.72. The van der Waals surface area contributed by atoms with Crippen molar-refractivity contribution in [2.75, 3.05) is 11.5 Å². The number of fused-ring (bicyclic) bond motifs is 2. The molecule has 0 bridgehead atoms. The van der Waals surface area contributed by atoms with Gasteiger partial charge in [0.15, 0.2) is 22.9 Å². The molecule has 0 saturated carbocycles. The molecule has 3 fully saturated rings. The Labute approximate surface area is 761 Å². The number of hydrogen-bond donors (Lipinski definition) is 3. The average Bonchev–Trinajstić information content (AvgIpc) is 1.51. The van der Waals surface area contributed by atoms with Gasteiger partial charge in [0.1, 0.15) is 23.3 Å². The predicted octanol–water partition coefficient (Wildman–Crippen LogP) is 18.5. The van der Waals surface area contributed by atoms with Gasteiger partial charge in [0, 0.05) is 109 Å². The number of nitrogens with zero attached hydrogens (tertiary/aromatic N) is 13. The third-order valence-electron chi connectivity index (χ3n) is 20.4. The Hall–Kier alpha value is -8.92. The highest BCUT2D eigenvalue weighted by molar-refractivity contribution is 14.1. The number of halogens is 8. The number of nitrogen functional groups attached to an aromatic ring is 2. The minimum Gasteiger partial charge on any atom is -0.405 e. The van der Waals surface area contributed by atoms with E-state index < -0.39 is 32.8 Å². The van der Waals surface area contributed by atoms with Crippen LogP contribution in [0.1, 0.15) is 202 Å². The van der Waals surface area contributed by atoms with Crippen molar-refractivity contribution in [3.8, 4) is 33.6 Å². The van der Waals surface area contributed by atoms with Crippen molar-refractivity contribution in [3.05, 3.63) is 260 Å². The Bertz CT molecular complexity index is 5770. The summed E-state index contributed by atoms with van der Waals surface area (Å²) in [6, 6.07) is 30.6. The van der Waals surface area contributed by atoms with Crippen molar-refractivity contribution in [2.45, 2.75) is 229 Å². The predicted molar refractivity (Wildman–Crippen MR) is 505 cm³/mol. The van der Waals surface area contributed by atoms with Crippen molar-refractivity contribution in [2.24, 2.45) is 0 Å². The van der Waals surface area contributed by atoms with Gasteiger partial charge in [0.05, 0.1) is 79.3 Å². The number of H-pyrrole nitrogens is 1. The Morgan fingerprint density at radius 3 is 1.22 bits per heavy atom. The number of aromatic nitrogens is 14. The number of aromatic amines is 1. The summed E-state index contributed by atoms with van der Waals surface area (Å²) < 4.78 is 102. The summed E-state index contributed by atoms with van der Waals surface area (Å²) in [5.41, 5.74) is 15.5. The van der Waals surface area contributed by atoms with Gasteiger partial charge in [-0.05, 0) is 269 Å². The number of benzene rings is 2. The summed E-state index contributed by atoms with van der Waals surface area (Å²) >= 11 is 12.3. The van der Waals surface area contributed by atoms with Crippen LogP contribution in [0.2, 0.25) is 0 Å². The molecule has 0 unspecified atom stereocenters. The Balaban J connectivity index is 0.000000239. The SMILES string of the molecule is C.C.C.CC(C)I.CC(C)n1cc(-c2c(-c3ccc(F)cc3)nc(N)n3nc(Cc4ncccc4F)nc23)ccc1=O.CC(C)n1cc(B2OC(C)(C)C(C)(C)O2)ccc1=O.CC(C)n1cc(Br)ccc1=O.CC1(C)OB(B2OC(C)(C)C(C)(C)O2)OC1(C)C.Nc1nc(-c2ccc(F)cc2)c(Br)c2nc(Cc3ncccc3F)nn12.O=c1ccc(Br)c[nH]1. The number of hydrogen-bond acceptors (Lipinski definition) is 20. The molecule has 0 amide bonds. The van der Waals surface area contributed by atoms with Crippen LogP contribution in [0.3, 0.4) is 0 Å². The fraction of sp³-hybridized carbons (Fsp3) is 0.402. The number of rotatable bonds is 12. The molecule has 3 aliphatic heterocycles. The van der Waals surface area contributed by atoms with Crippen LogP contribution in [-0.2, 0) is 40.8 Å². The molecule has 10 aromatic heterocycles. The molecule has 2 aromatic carbocycles. The molecule has 3 saturated heterocycles. The maximum Gasteiger partial charge on any atom is 0.496 e. The molecule has 5 N–H and O–H groups in total. The van der Waals surface area contributed by atoms with Gasteiger partial charge in [0.2, 0.25) is 17.5 Å². The van der Waals surface area contributed by atoms with E-state index in [0.717, 1.165) is 18.3 Å². The van der Waals surface area contributed by atoms with Crippen LogP contribution < -0.4 is 39.2 Å². The van der Waals surface area contributed by atoms with Gasteiger partial charge < -0.3 is 58.1 Å². The fourth-order valence-corrected chi connectivity index (χ4v) is 12.9. The molecule has 12 aromatic rings. The maximum atomic E-state index is 14.2. The summed E-state index contributed by atoms with van der Waals surface area (Å²) in [6.07, 6.45) is 10.1. The van der Waals surface area contributed by atoms with Crippen LogP contribution in [0.5, 0.6) is 0 Å². The highest BCUT2D eigenvalue weighted by atomic mass is 127. The molecule has 15 rings (SSSR count). The topological polar surface area (TPSA) is 318 Å². The molecule has 0 radical (unpaired) electrons. The van der Waals surface area contributed by atoms with Crippen molar-refractivity contribution < 1.29 is 45.5 Å². The van der Waals surface area contributed by atoms with Gasteiger partial charge >= 0.3 is 21.1 Å². The molecule has 3 aliphatic rings. The maximum absolute atomic E-state index is 14.2. The summed E-state index contributed by atoms with van der Waals surface area (Å²) in [6.45, 7) is 40.3. The highest BCUT2D eigenvalue weighted by Gasteiger charge is 2.64. The van der Waals surface area contributed by atoms with Gasteiger partial charge in [-0.2, -0.15) is 9.03 Å². The second-order valence-corrected chi connectivity index (χ2v) is 37.7.